The first kappa shape index (κ1) is 14.2. The number of aliphatic carboxylic acids is 1. The van der Waals surface area contributed by atoms with E-state index in [2.05, 4.69) is 0 Å². The quantitative estimate of drug-likeness (QED) is 0.868. The standard InChI is InChI=1S/C13H14ClNO3S/c14-9-3-5-10(6-4-9)19-8-12(16)15-7-1-2-11(15)13(17)18/h3-6,11H,1-2,7-8H2,(H,17,18). The molecule has 4 nitrogen and oxygen atoms in total. The van der Waals surface area contributed by atoms with Gasteiger partial charge in [0.2, 0.25) is 5.91 Å². The van der Waals surface area contributed by atoms with Crippen LogP contribution < -0.4 is 0 Å². The van der Waals surface area contributed by atoms with Crippen molar-refractivity contribution in [1.29, 1.82) is 0 Å². The highest BCUT2D eigenvalue weighted by atomic mass is 35.5. The van der Waals surface area contributed by atoms with Crippen LogP contribution in [0.15, 0.2) is 29.2 Å². The molecule has 1 atom stereocenters. The van der Waals surface area contributed by atoms with Gasteiger partial charge in [0.05, 0.1) is 5.75 Å². The van der Waals surface area contributed by atoms with Crippen LogP contribution in [0.4, 0.5) is 0 Å². The molecule has 1 saturated heterocycles. The lowest BCUT2D eigenvalue weighted by Gasteiger charge is -2.21. The Hall–Kier alpha value is -1.20. The molecule has 1 aromatic carbocycles. The molecule has 0 aromatic heterocycles. The molecule has 0 saturated carbocycles. The van der Waals surface area contributed by atoms with Gasteiger partial charge in [-0.2, -0.15) is 0 Å². The third-order valence-corrected chi connectivity index (χ3v) is 4.28. The lowest BCUT2D eigenvalue weighted by atomic mass is 10.2. The molecule has 1 amide bonds. The summed E-state index contributed by atoms with van der Waals surface area (Å²) < 4.78 is 0. The number of hydrogen-bond donors (Lipinski definition) is 1. The van der Waals surface area contributed by atoms with Gasteiger partial charge in [0, 0.05) is 16.5 Å². The fourth-order valence-electron chi connectivity index (χ4n) is 2.08. The van der Waals surface area contributed by atoms with Gasteiger partial charge >= 0.3 is 5.97 Å². The van der Waals surface area contributed by atoms with Crippen molar-refractivity contribution < 1.29 is 14.7 Å². The van der Waals surface area contributed by atoms with Crippen molar-refractivity contribution in [3.8, 4) is 0 Å². The van der Waals surface area contributed by atoms with Gasteiger partial charge in [-0.25, -0.2) is 4.79 Å². The van der Waals surface area contributed by atoms with E-state index in [1.807, 2.05) is 12.1 Å². The number of likely N-dealkylation sites (tertiary alicyclic amines) is 1. The van der Waals surface area contributed by atoms with Crippen LogP contribution in [0, 0.1) is 0 Å². The number of carbonyl (C=O) groups is 2. The SMILES string of the molecule is O=C(O)C1CCCN1C(=O)CSc1ccc(Cl)cc1. The minimum Gasteiger partial charge on any atom is -0.480 e. The molecule has 19 heavy (non-hydrogen) atoms. The van der Waals surface area contributed by atoms with E-state index < -0.39 is 12.0 Å². The summed E-state index contributed by atoms with van der Waals surface area (Å²) in [5, 5.41) is 9.69. The van der Waals surface area contributed by atoms with E-state index in [0.29, 0.717) is 18.0 Å². The highest BCUT2D eigenvalue weighted by molar-refractivity contribution is 8.00. The Balaban J connectivity index is 1.90. The first-order chi connectivity index (χ1) is 9.08. The molecule has 1 aliphatic rings. The molecule has 1 N–H and O–H groups in total. The van der Waals surface area contributed by atoms with E-state index in [0.717, 1.165) is 11.3 Å². The van der Waals surface area contributed by atoms with Crippen LogP contribution in [-0.2, 0) is 9.59 Å². The topological polar surface area (TPSA) is 57.6 Å². The first-order valence-corrected chi connectivity index (χ1v) is 7.35. The van der Waals surface area contributed by atoms with Crippen molar-refractivity contribution in [1.82, 2.24) is 4.90 Å². The second kappa shape index (κ2) is 6.30. The average molecular weight is 300 g/mol. The Kier molecular flexibility index (Phi) is 4.71. The highest BCUT2D eigenvalue weighted by Gasteiger charge is 2.33. The second-order valence-electron chi connectivity index (χ2n) is 4.33. The number of amides is 1. The van der Waals surface area contributed by atoms with Gasteiger partial charge in [0.15, 0.2) is 0 Å². The van der Waals surface area contributed by atoms with Crippen molar-refractivity contribution in [3.63, 3.8) is 0 Å². The fourth-order valence-corrected chi connectivity index (χ4v) is 2.99. The van der Waals surface area contributed by atoms with Crippen LogP contribution in [0.3, 0.4) is 0 Å². The molecule has 1 heterocycles. The predicted octanol–water partition coefficient (Wildman–Crippen LogP) is 2.51. The Labute approximate surface area is 120 Å². The summed E-state index contributed by atoms with van der Waals surface area (Å²) in [4.78, 5) is 25.4. The van der Waals surface area contributed by atoms with Crippen molar-refractivity contribution in [2.75, 3.05) is 12.3 Å². The average Bonchev–Trinajstić information content (AvgIpc) is 2.87. The number of benzene rings is 1. The molecule has 0 bridgehead atoms. The Bertz CT molecular complexity index is 477. The zero-order chi connectivity index (χ0) is 13.8. The molecule has 1 aromatic rings. The van der Waals surface area contributed by atoms with E-state index >= 15 is 0 Å². The number of carboxylic acid groups (broad SMARTS) is 1. The van der Waals surface area contributed by atoms with E-state index in [1.165, 1.54) is 16.7 Å². The summed E-state index contributed by atoms with van der Waals surface area (Å²) in [7, 11) is 0. The lowest BCUT2D eigenvalue weighted by molar-refractivity contribution is -0.147. The molecular formula is C13H14ClNO3S. The number of carboxylic acids is 1. The number of hydrogen-bond acceptors (Lipinski definition) is 3. The smallest absolute Gasteiger partial charge is 0.326 e. The molecule has 0 radical (unpaired) electrons. The van der Waals surface area contributed by atoms with Crippen molar-refractivity contribution in [2.24, 2.45) is 0 Å². The number of thioether (sulfide) groups is 1. The summed E-state index contributed by atoms with van der Waals surface area (Å²) in [5.41, 5.74) is 0. The monoisotopic (exact) mass is 299 g/mol. The molecular weight excluding hydrogens is 286 g/mol. The van der Waals surface area contributed by atoms with E-state index in [-0.39, 0.29) is 11.7 Å². The Morgan fingerprint density at radius 3 is 2.68 bits per heavy atom. The molecule has 6 heteroatoms. The summed E-state index contributed by atoms with van der Waals surface area (Å²) in [6.45, 7) is 0.539. The number of rotatable bonds is 4. The lowest BCUT2D eigenvalue weighted by Crippen LogP contribution is -2.41. The van der Waals surface area contributed by atoms with Crippen molar-refractivity contribution in [3.05, 3.63) is 29.3 Å². The molecule has 102 valence electrons. The third-order valence-electron chi connectivity index (χ3n) is 3.03. The van der Waals surface area contributed by atoms with Crippen LogP contribution in [0.5, 0.6) is 0 Å². The summed E-state index contributed by atoms with van der Waals surface area (Å²) in [6, 6.07) is 6.57. The van der Waals surface area contributed by atoms with Crippen LogP contribution in [0.2, 0.25) is 5.02 Å². The predicted molar refractivity (Wildman–Crippen MR) is 74.5 cm³/mol. The van der Waals surface area contributed by atoms with Gasteiger partial charge in [-0.05, 0) is 37.1 Å². The zero-order valence-corrected chi connectivity index (χ0v) is 11.8. The molecule has 0 spiro atoms. The zero-order valence-electron chi connectivity index (χ0n) is 10.2. The number of nitrogens with zero attached hydrogens (tertiary/aromatic N) is 1. The molecule has 2 rings (SSSR count). The normalized spacial score (nSPS) is 18.6. The molecule has 1 fully saturated rings. The molecule has 1 aliphatic heterocycles. The largest absolute Gasteiger partial charge is 0.480 e. The maximum absolute atomic E-state index is 12.0. The van der Waals surface area contributed by atoms with Crippen LogP contribution >= 0.6 is 23.4 Å². The fraction of sp³-hybridized carbons (Fsp3) is 0.385. The maximum atomic E-state index is 12.0. The van der Waals surface area contributed by atoms with Gasteiger partial charge in [0.25, 0.3) is 0 Å². The van der Waals surface area contributed by atoms with Gasteiger partial charge in [-0.15, -0.1) is 11.8 Å². The number of carbonyl (C=O) groups excluding carboxylic acids is 1. The van der Waals surface area contributed by atoms with Gasteiger partial charge in [-0.1, -0.05) is 11.6 Å². The summed E-state index contributed by atoms with van der Waals surface area (Å²) in [6.07, 6.45) is 1.31. The Morgan fingerprint density at radius 2 is 2.05 bits per heavy atom. The third kappa shape index (κ3) is 3.64. The van der Waals surface area contributed by atoms with E-state index in [4.69, 9.17) is 16.7 Å². The minimum absolute atomic E-state index is 0.121. The molecule has 0 aliphatic carbocycles. The maximum Gasteiger partial charge on any atom is 0.326 e. The first-order valence-electron chi connectivity index (χ1n) is 5.98. The van der Waals surface area contributed by atoms with Crippen LogP contribution in [0.1, 0.15) is 12.8 Å². The van der Waals surface area contributed by atoms with E-state index in [1.54, 1.807) is 12.1 Å². The minimum atomic E-state index is -0.914. The number of halogens is 1. The highest BCUT2D eigenvalue weighted by Crippen LogP contribution is 2.23. The van der Waals surface area contributed by atoms with Gasteiger partial charge in [-0.3, -0.25) is 4.79 Å². The molecule has 1 unspecified atom stereocenters. The van der Waals surface area contributed by atoms with Gasteiger partial charge < -0.3 is 10.0 Å². The van der Waals surface area contributed by atoms with Crippen molar-refractivity contribution in [2.45, 2.75) is 23.8 Å². The second-order valence-corrected chi connectivity index (χ2v) is 5.81. The summed E-state index contributed by atoms with van der Waals surface area (Å²) >= 11 is 7.18. The van der Waals surface area contributed by atoms with Crippen LogP contribution in [0.25, 0.3) is 0 Å². The van der Waals surface area contributed by atoms with Crippen LogP contribution in [-0.4, -0.2) is 40.2 Å². The summed E-state index contributed by atoms with van der Waals surface area (Å²) in [5.74, 6) is -0.780. The van der Waals surface area contributed by atoms with Gasteiger partial charge in [0.1, 0.15) is 6.04 Å². The Morgan fingerprint density at radius 1 is 1.37 bits per heavy atom. The van der Waals surface area contributed by atoms with E-state index in [9.17, 15) is 9.59 Å². The van der Waals surface area contributed by atoms with Crippen molar-refractivity contribution >= 4 is 35.2 Å².